The summed E-state index contributed by atoms with van der Waals surface area (Å²) in [5.41, 5.74) is 0. The summed E-state index contributed by atoms with van der Waals surface area (Å²) in [6, 6.07) is -0.0841. The Labute approximate surface area is 96.4 Å². The highest BCUT2D eigenvalue weighted by Crippen LogP contribution is 2.24. The van der Waals surface area contributed by atoms with Crippen LogP contribution in [0, 0.1) is 0 Å². The molecule has 2 atom stereocenters. The topological polar surface area (TPSA) is 55.4 Å². The fourth-order valence-electron chi connectivity index (χ4n) is 1.73. The Morgan fingerprint density at radius 2 is 2.20 bits per heavy atom. The molecule has 1 aliphatic carbocycles. The number of halogens is 1. The fourth-order valence-corrected chi connectivity index (χ4v) is 3.51. The maximum atomic E-state index is 11.6. The highest BCUT2D eigenvalue weighted by molar-refractivity contribution is 7.89. The van der Waals surface area contributed by atoms with E-state index in [0.717, 1.165) is 19.3 Å². The summed E-state index contributed by atoms with van der Waals surface area (Å²) < 4.78 is 30.6. The fraction of sp³-hybridized carbons (Fsp3) is 1.00. The van der Waals surface area contributed by atoms with Gasteiger partial charge in [-0.15, -0.1) is 11.6 Å². The molecule has 0 bridgehead atoms. The van der Waals surface area contributed by atoms with Gasteiger partial charge >= 0.3 is 0 Å². The lowest BCUT2D eigenvalue weighted by molar-refractivity contribution is 0.199. The zero-order valence-corrected chi connectivity index (χ0v) is 10.5. The summed E-state index contributed by atoms with van der Waals surface area (Å²) in [6.45, 7) is 0.468. The maximum Gasteiger partial charge on any atom is 0.211 e. The molecule has 6 heteroatoms. The standard InChI is InChI=1S/C9H18ClNO3S/c1-14-6-3-7-15(12,13)11-9-5-2-4-8(9)10/h8-9,11H,2-7H2,1H3. The highest BCUT2D eigenvalue weighted by Gasteiger charge is 2.28. The van der Waals surface area contributed by atoms with E-state index < -0.39 is 10.0 Å². The van der Waals surface area contributed by atoms with Gasteiger partial charge in [0.05, 0.1) is 5.75 Å². The van der Waals surface area contributed by atoms with Crippen LogP contribution in [0.3, 0.4) is 0 Å². The first-order chi connectivity index (χ1) is 7.05. The van der Waals surface area contributed by atoms with E-state index in [1.807, 2.05) is 0 Å². The summed E-state index contributed by atoms with van der Waals surface area (Å²) >= 11 is 5.99. The molecule has 15 heavy (non-hydrogen) atoms. The van der Waals surface area contributed by atoms with E-state index in [4.69, 9.17) is 16.3 Å². The molecule has 0 heterocycles. The second-order valence-corrected chi connectivity index (χ2v) is 6.27. The molecule has 0 aromatic rings. The van der Waals surface area contributed by atoms with E-state index in [2.05, 4.69) is 4.72 Å². The second-order valence-electron chi connectivity index (χ2n) is 3.84. The lowest BCUT2D eigenvalue weighted by Crippen LogP contribution is -2.39. The molecule has 0 radical (unpaired) electrons. The Morgan fingerprint density at radius 3 is 2.73 bits per heavy atom. The number of methoxy groups -OCH3 is 1. The summed E-state index contributed by atoms with van der Waals surface area (Å²) in [6.07, 6.45) is 3.26. The summed E-state index contributed by atoms with van der Waals surface area (Å²) in [4.78, 5) is 0. The number of sulfonamides is 1. The third-order valence-electron chi connectivity index (χ3n) is 2.52. The van der Waals surface area contributed by atoms with Gasteiger partial charge in [-0.2, -0.15) is 0 Å². The molecule has 0 amide bonds. The molecule has 1 N–H and O–H groups in total. The van der Waals surface area contributed by atoms with Crippen LogP contribution in [0.15, 0.2) is 0 Å². The van der Waals surface area contributed by atoms with Crippen molar-refractivity contribution in [3.8, 4) is 0 Å². The molecular weight excluding hydrogens is 238 g/mol. The summed E-state index contributed by atoms with van der Waals surface area (Å²) in [7, 11) is -1.62. The first kappa shape index (κ1) is 13.2. The molecule has 1 rings (SSSR count). The van der Waals surface area contributed by atoms with E-state index >= 15 is 0 Å². The van der Waals surface area contributed by atoms with Crippen molar-refractivity contribution in [3.05, 3.63) is 0 Å². The zero-order valence-electron chi connectivity index (χ0n) is 8.91. The van der Waals surface area contributed by atoms with Gasteiger partial charge in [0, 0.05) is 25.1 Å². The third-order valence-corrected chi connectivity index (χ3v) is 4.53. The van der Waals surface area contributed by atoms with Gasteiger partial charge in [0.1, 0.15) is 0 Å². The minimum absolute atomic E-state index is 0.0535. The molecule has 0 aromatic carbocycles. The van der Waals surface area contributed by atoms with Crippen LogP contribution in [-0.4, -0.2) is 39.3 Å². The van der Waals surface area contributed by atoms with Gasteiger partial charge in [-0.25, -0.2) is 13.1 Å². The summed E-state index contributed by atoms with van der Waals surface area (Å²) in [5.74, 6) is 0.112. The third kappa shape index (κ3) is 4.68. The molecule has 1 saturated carbocycles. The molecule has 0 spiro atoms. The molecule has 90 valence electrons. The lowest BCUT2D eigenvalue weighted by atomic mass is 10.3. The van der Waals surface area contributed by atoms with Crippen molar-refractivity contribution in [1.29, 1.82) is 0 Å². The predicted molar refractivity (Wildman–Crippen MR) is 60.7 cm³/mol. The smallest absolute Gasteiger partial charge is 0.211 e. The molecule has 0 aliphatic heterocycles. The van der Waals surface area contributed by atoms with Crippen LogP contribution < -0.4 is 4.72 Å². The van der Waals surface area contributed by atoms with Gasteiger partial charge in [0.25, 0.3) is 0 Å². The molecule has 4 nitrogen and oxygen atoms in total. The van der Waals surface area contributed by atoms with Gasteiger partial charge in [-0.05, 0) is 19.3 Å². The van der Waals surface area contributed by atoms with Gasteiger partial charge in [0.15, 0.2) is 0 Å². The molecule has 0 saturated heterocycles. The van der Waals surface area contributed by atoms with Gasteiger partial charge in [0.2, 0.25) is 10.0 Å². The Balaban J connectivity index is 2.35. The van der Waals surface area contributed by atoms with Crippen LogP contribution in [0.1, 0.15) is 25.7 Å². The number of hydrogen-bond acceptors (Lipinski definition) is 3. The molecular formula is C9H18ClNO3S. The van der Waals surface area contributed by atoms with Crippen LogP contribution in [0.4, 0.5) is 0 Å². The Hall–Kier alpha value is 0.160. The summed E-state index contributed by atoms with van der Waals surface area (Å²) in [5, 5.41) is -0.0535. The van der Waals surface area contributed by atoms with Crippen LogP contribution in [0.5, 0.6) is 0 Å². The average Bonchev–Trinajstić information content (AvgIpc) is 2.51. The van der Waals surface area contributed by atoms with Crippen LogP contribution >= 0.6 is 11.6 Å². The van der Waals surface area contributed by atoms with Crippen LogP contribution in [0.2, 0.25) is 0 Å². The van der Waals surface area contributed by atoms with E-state index in [9.17, 15) is 8.42 Å². The number of ether oxygens (including phenoxy) is 1. The first-order valence-corrected chi connectivity index (χ1v) is 7.27. The van der Waals surface area contributed by atoms with E-state index in [1.165, 1.54) is 0 Å². The minimum Gasteiger partial charge on any atom is -0.385 e. The van der Waals surface area contributed by atoms with Crippen molar-refractivity contribution in [1.82, 2.24) is 4.72 Å². The van der Waals surface area contributed by atoms with Crippen molar-refractivity contribution in [3.63, 3.8) is 0 Å². The van der Waals surface area contributed by atoms with Crippen LogP contribution in [-0.2, 0) is 14.8 Å². The van der Waals surface area contributed by atoms with Gasteiger partial charge < -0.3 is 4.74 Å². The highest BCUT2D eigenvalue weighted by atomic mass is 35.5. The molecule has 2 unspecified atom stereocenters. The average molecular weight is 256 g/mol. The minimum atomic E-state index is -3.18. The SMILES string of the molecule is COCCCS(=O)(=O)NC1CCCC1Cl. The molecule has 0 aromatic heterocycles. The Bertz CT molecular complexity index is 281. The number of nitrogens with one attached hydrogen (secondary N) is 1. The quantitative estimate of drug-likeness (QED) is 0.571. The lowest BCUT2D eigenvalue weighted by Gasteiger charge is -2.15. The number of alkyl halides is 1. The van der Waals surface area contributed by atoms with Crippen molar-refractivity contribution in [2.75, 3.05) is 19.5 Å². The maximum absolute atomic E-state index is 11.6. The zero-order chi connectivity index (χ0) is 11.3. The van der Waals surface area contributed by atoms with Gasteiger partial charge in [-0.1, -0.05) is 6.42 Å². The van der Waals surface area contributed by atoms with Crippen molar-refractivity contribution in [2.24, 2.45) is 0 Å². The van der Waals surface area contributed by atoms with Gasteiger partial charge in [-0.3, -0.25) is 0 Å². The first-order valence-electron chi connectivity index (χ1n) is 5.18. The normalized spacial score (nSPS) is 27.1. The second kappa shape index (κ2) is 6.03. The van der Waals surface area contributed by atoms with Crippen molar-refractivity contribution >= 4 is 21.6 Å². The Morgan fingerprint density at radius 1 is 1.47 bits per heavy atom. The van der Waals surface area contributed by atoms with Crippen molar-refractivity contribution < 1.29 is 13.2 Å². The molecule has 1 aliphatic rings. The number of rotatable bonds is 6. The molecule has 1 fully saturated rings. The Kier molecular flexibility index (Phi) is 5.32. The van der Waals surface area contributed by atoms with E-state index in [-0.39, 0.29) is 17.2 Å². The van der Waals surface area contributed by atoms with Crippen LogP contribution in [0.25, 0.3) is 0 Å². The predicted octanol–water partition coefficient (Wildman–Crippen LogP) is 1.10. The monoisotopic (exact) mass is 255 g/mol. The van der Waals surface area contributed by atoms with E-state index in [0.29, 0.717) is 13.0 Å². The largest absolute Gasteiger partial charge is 0.385 e. The van der Waals surface area contributed by atoms with E-state index in [1.54, 1.807) is 7.11 Å². The van der Waals surface area contributed by atoms with Crippen molar-refractivity contribution in [2.45, 2.75) is 37.1 Å². The number of hydrogen-bond donors (Lipinski definition) is 1.